The minimum Gasteiger partial charge on any atom is -0.465 e. The van der Waals surface area contributed by atoms with Crippen LogP contribution < -0.4 is 5.32 Å². The minimum absolute atomic E-state index is 0.139. The van der Waals surface area contributed by atoms with Crippen molar-refractivity contribution < 1.29 is 14.3 Å². The number of hydrogen-bond acceptors (Lipinski definition) is 4. The van der Waals surface area contributed by atoms with E-state index in [9.17, 15) is 9.59 Å². The topological polar surface area (TPSA) is 63.6 Å². The molecule has 2 aromatic heterocycles. The number of nitrogens with zero attached hydrogens (tertiary/aromatic N) is 2. The lowest BCUT2D eigenvalue weighted by molar-refractivity contribution is -0.141. The number of carbonyl (C=O) groups excluding carboxylic acids is 2. The van der Waals surface area contributed by atoms with Crippen molar-refractivity contribution in [3.63, 3.8) is 0 Å². The number of rotatable bonds is 4. The lowest BCUT2D eigenvalue weighted by Crippen LogP contribution is -2.44. The van der Waals surface area contributed by atoms with E-state index in [1.54, 1.807) is 6.92 Å². The lowest BCUT2D eigenvalue weighted by atomic mass is 9.95. The molecule has 0 bridgehead atoms. The summed E-state index contributed by atoms with van der Waals surface area (Å²) < 4.78 is 7.26. The Morgan fingerprint density at radius 1 is 1.09 bits per heavy atom. The van der Waals surface area contributed by atoms with Crippen LogP contribution in [-0.2, 0) is 28.9 Å². The van der Waals surface area contributed by atoms with Crippen LogP contribution in [0.1, 0.15) is 53.1 Å². The Morgan fingerprint density at radius 2 is 1.91 bits per heavy atom. The van der Waals surface area contributed by atoms with Crippen LogP contribution in [0.5, 0.6) is 0 Å². The number of benzene rings is 1. The number of aromatic nitrogens is 1. The van der Waals surface area contributed by atoms with Gasteiger partial charge in [-0.1, -0.05) is 30.3 Å². The Labute approximate surface area is 191 Å². The van der Waals surface area contributed by atoms with Gasteiger partial charge in [-0.25, -0.2) is 4.79 Å². The molecule has 0 radical (unpaired) electrons. The van der Waals surface area contributed by atoms with Crippen molar-refractivity contribution in [3.8, 4) is 5.00 Å². The molecule has 0 spiro atoms. The summed E-state index contributed by atoms with van der Waals surface area (Å²) in [7, 11) is 0. The van der Waals surface area contributed by atoms with Crippen molar-refractivity contribution in [2.24, 2.45) is 0 Å². The van der Waals surface area contributed by atoms with Crippen molar-refractivity contribution >= 4 is 23.3 Å². The number of nitrogens with one attached hydrogen (secondary N) is 1. The van der Waals surface area contributed by atoms with Gasteiger partial charge in [0.15, 0.2) is 0 Å². The lowest BCUT2D eigenvalue weighted by Gasteiger charge is -2.31. The van der Waals surface area contributed by atoms with Crippen LogP contribution in [-0.4, -0.2) is 34.6 Å². The Morgan fingerprint density at radius 3 is 2.72 bits per heavy atom. The number of fused-ring (bicyclic) bond motifs is 5. The molecule has 0 unspecified atom stereocenters. The smallest absolute Gasteiger partial charge is 0.325 e. The molecular weight excluding hydrogens is 422 g/mol. The summed E-state index contributed by atoms with van der Waals surface area (Å²) in [4.78, 5) is 28.7. The van der Waals surface area contributed by atoms with Gasteiger partial charge in [-0.2, -0.15) is 0 Å². The number of aryl methyl sites for hydroxylation is 1. The summed E-state index contributed by atoms with van der Waals surface area (Å²) in [5.41, 5.74) is 4.75. The highest BCUT2D eigenvalue weighted by atomic mass is 32.1. The molecule has 0 saturated heterocycles. The Hall–Kier alpha value is -3.06. The number of urea groups is 1. The van der Waals surface area contributed by atoms with E-state index in [4.69, 9.17) is 4.74 Å². The van der Waals surface area contributed by atoms with Crippen molar-refractivity contribution in [2.45, 2.75) is 45.2 Å². The van der Waals surface area contributed by atoms with Crippen molar-refractivity contribution in [2.75, 3.05) is 13.2 Å². The van der Waals surface area contributed by atoms with Crippen molar-refractivity contribution in [1.29, 1.82) is 0 Å². The maximum absolute atomic E-state index is 13.5. The first-order valence-electron chi connectivity index (χ1n) is 11.2. The fourth-order valence-corrected chi connectivity index (χ4v) is 6.24. The molecule has 6 nitrogen and oxygen atoms in total. The molecule has 1 N–H and O–H groups in total. The number of carbonyl (C=O) groups is 2. The number of esters is 1. The van der Waals surface area contributed by atoms with Gasteiger partial charge < -0.3 is 19.5 Å². The van der Waals surface area contributed by atoms with Crippen LogP contribution in [0.15, 0.2) is 48.7 Å². The number of amides is 2. The average molecular weight is 450 g/mol. The van der Waals surface area contributed by atoms with Gasteiger partial charge in [0, 0.05) is 16.6 Å². The third-order valence-electron chi connectivity index (χ3n) is 6.24. The summed E-state index contributed by atoms with van der Waals surface area (Å²) in [5, 5.41) is 4.02. The second-order valence-corrected chi connectivity index (χ2v) is 9.29. The SMILES string of the molecule is CCOC(=O)CNC(=O)N1Cc2c(sc3c2CCCC3)-n2cccc2[C@H]1c1ccccc1. The first-order valence-corrected chi connectivity index (χ1v) is 12.0. The molecule has 7 heteroatoms. The third kappa shape index (κ3) is 3.71. The Bertz CT molecular complexity index is 1130. The first-order chi connectivity index (χ1) is 15.7. The van der Waals surface area contributed by atoms with Gasteiger partial charge in [0.2, 0.25) is 0 Å². The van der Waals surface area contributed by atoms with Gasteiger partial charge >= 0.3 is 12.0 Å². The van der Waals surface area contributed by atoms with E-state index >= 15 is 0 Å². The van der Waals surface area contributed by atoms with E-state index in [2.05, 4.69) is 34.3 Å². The quantitative estimate of drug-likeness (QED) is 0.593. The number of thiophene rings is 1. The largest absolute Gasteiger partial charge is 0.465 e. The molecule has 0 fully saturated rings. The summed E-state index contributed by atoms with van der Waals surface area (Å²) in [6.07, 6.45) is 6.69. The van der Waals surface area contributed by atoms with E-state index in [1.165, 1.54) is 33.8 Å². The maximum Gasteiger partial charge on any atom is 0.325 e. The highest BCUT2D eigenvalue weighted by Gasteiger charge is 2.36. The number of ether oxygens (including phenoxy) is 1. The molecule has 2 amide bonds. The van der Waals surface area contributed by atoms with Crippen LogP contribution in [0.25, 0.3) is 5.00 Å². The molecule has 3 aromatic rings. The molecule has 3 heterocycles. The minimum atomic E-state index is -0.427. The van der Waals surface area contributed by atoms with Crippen LogP contribution in [0.3, 0.4) is 0 Å². The summed E-state index contributed by atoms with van der Waals surface area (Å²) >= 11 is 1.86. The summed E-state index contributed by atoms with van der Waals surface area (Å²) in [6.45, 7) is 2.43. The summed E-state index contributed by atoms with van der Waals surface area (Å²) in [5.74, 6) is -0.427. The second kappa shape index (κ2) is 8.82. The highest BCUT2D eigenvalue weighted by molar-refractivity contribution is 7.15. The normalized spacial score (nSPS) is 17.0. The maximum atomic E-state index is 13.5. The zero-order chi connectivity index (χ0) is 22.1. The Balaban J connectivity index is 1.59. The van der Waals surface area contributed by atoms with Crippen LogP contribution >= 0.6 is 11.3 Å². The molecule has 1 aliphatic carbocycles. The molecule has 166 valence electrons. The molecule has 32 heavy (non-hydrogen) atoms. The molecule has 5 rings (SSSR count). The van der Waals surface area contributed by atoms with Crippen molar-refractivity contribution in [1.82, 2.24) is 14.8 Å². The van der Waals surface area contributed by atoms with Gasteiger partial charge in [-0.15, -0.1) is 11.3 Å². The molecule has 2 aliphatic rings. The monoisotopic (exact) mass is 449 g/mol. The fraction of sp³-hybridized carbons (Fsp3) is 0.360. The first kappa shape index (κ1) is 20.8. The van der Waals surface area contributed by atoms with E-state index in [1.807, 2.05) is 40.5 Å². The average Bonchev–Trinajstić information content (AvgIpc) is 3.40. The van der Waals surface area contributed by atoms with Gasteiger partial charge in [0.1, 0.15) is 11.5 Å². The highest BCUT2D eigenvalue weighted by Crippen LogP contribution is 2.43. The third-order valence-corrected chi connectivity index (χ3v) is 7.58. The van der Waals surface area contributed by atoms with E-state index < -0.39 is 5.97 Å². The van der Waals surface area contributed by atoms with Gasteiger partial charge in [0.05, 0.1) is 24.9 Å². The van der Waals surface area contributed by atoms with E-state index in [0.29, 0.717) is 13.2 Å². The van der Waals surface area contributed by atoms with Crippen LogP contribution in [0.2, 0.25) is 0 Å². The van der Waals surface area contributed by atoms with Crippen LogP contribution in [0.4, 0.5) is 4.79 Å². The number of hydrogen-bond donors (Lipinski definition) is 1. The molecule has 1 aliphatic heterocycles. The summed E-state index contributed by atoms with van der Waals surface area (Å²) in [6, 6.07) is 13.7. The molecular formula is C25H27N3O3S. The Kier molecular flexibility index (Phi) is 5.74. The predicted molar refractivity (Wildman–Crippen MR) is 124 cm³/mol. The molecule has 1 atom stereocenters. The molecule has 1 aromatic carbocycles. The van der Waals surface area contributed by atoms with Crippen molar-refractivity contribution in [3.05, 3.63) is 75.9 Å². The van der Waals surface area contributed by atoms with Gasteiger partial charge in [-0.05, 0) is 55.9 Å². The zero-order valence-corrected chi connectivity index (χ0v) is 19.0. The fourth-order valence-electron chi connectivity index (χ4n) is 4.83. The van der Waals surface area contributed by atoms with Gasteiger partial charge in [-0.3, -0.25) is 4.79 Å². The second-order valence-electron chi connectivity index (χ2n) is 8.20. The zero-order valence-electron chi connectivity index (χ0n) is 18.2. The predicted octanol–water partition coefficient (Wildman–Crippen LogP) is 4.60. The van der Waals surface area contributed by atoms with E-state index in [0.717, 1.165) is 24.1 Å². The van der Waals surface area contributed by atoms with Crippen LogP contribution in [0, 0.1) is 0 Å². The van der Waals surface area contributed by atoms with Gasteiger partial charge in [0.25, 0.3) is 0 Å². The van der Waals surface area contributed by atoms with E-state index in [-0.39, 0.29) is 18.6 Å². The standard InChI is InChI=1S/C25H27N3O3S/c1-2-31-22(29)15-26-25(30)28-16-19-18-11-6-7-13-21(18)32-24(19)27-14-8-12-20(27)23(28)17-9-4-3-5-10-17/h3-5,8-10,12,14,23H,2,6-7,11,13,15-16H2,1H3,(H,26,30)/t23-/m1/s1. The molecule has 0 saturated carbocycles.